The normalized spacial score (nSPS) is 11.2. The van der Waals surface area contributed by atoms with Crippen LogP contribution in [0.4, 0.5) is 0 Å². The molecular formula is C26H24O3S. The van der Waals surface area contributed by atoms with Gasteiger partial charge in [0.2, 0.25) is 5.78 Å². The summed E-state index contributed by atoms with van der Waals surface area (Å²) in [5.74, 6) is 1.78. The zero-order valence-corrected chi connectivity index (χ0v) is 18.1. The molecule has 0 saturated heterocycles. The number of rotatable bonds is 6. The molecule has 30 heavy (non-hydrogen) atoms. The Bertz CT molecular complexity index is 1200. The van der Waals surface area contributed by atoms with E-state index in [9.17, 15) is 9.90 Å². The molecule has 1 heterocycles. The molecule has 4 aromatic rings. The number of aromatic hydroxyl groups is 1. The summed E-state index contributed by atoms with van der Waals surface area (Å²) >= 11 is 1.35. The van der Waals surface area contributed by atoms with Crippen molar-refractivity contribution in [1.82, 2.24) is 0 Å². The quantitative estimate of drug-likeness (QED) is 0.335. The van der Waals surface area contributed by atoms with Crippen LogP contribution >= 0.6 is 11.3 Å². The first kappa shape index (κ1) is 20.2. The van der Waals surface area contributed by atoms with E-state index in [-0.39, 0.29) is 11.5 Å². The van der Waals surface area contributed by atoms with Crippen LogP contribution in [0.15, 0.2) is 66.7 Å². The summed E-state index contributed by atoms with van der Waals surface area (Å²) in [4.78, 5) is 14.0. The van der Waals surface area contributed by atoms with Crippen LogP contribution in [0.3, 0.4) is 0 Å². The fourth-order valence-corrected chi connectivity index (χ4v) is 4.64. The van der Waals surface area contributed by atoms with Crippen molar-refractivity contribution in [3.8, 4) is 17.2 Å². The Kier molecular flexibility index (Phi) is 5.60. The van der Waals surface area contributed by atoms with Crippen LogP contribution in [-0.4, -0.2) is 10.9 Å². The number of ether oxygens (including phenoxy) is 1. The minimum Gasteiger partial charge on any atom is -0.508 e. The van der Waals surface area contributed by atoms with Gasteiger partial charge in [-0.2, -0.15) is 0 Å². The Morgan fingerprint density at radius 1 is 1.03 bits per heavy atom. The molecule has 0 amide bonds. The highest BCUT2D eigenvalue weighted by Crippen LogP contribution is 2.43. The van der Waals surface area contributed by atoms with Crippen LogP contribution in [0.2, 0.25) is 0 Å². The van der Waals surface area contributed by atoms with Crippen molar-refractivity contribution >= 4 is 27.2 Å². The molecular weight excluding hydrogens is 392 g/mol. The Morgan fingerprint density at radius 2 is 1.77 bits per heavy atom. The first-order chi connectivity index (χ1) is 14.5. The summed E-state index contributed by atoms with van der Waals surface area (Å²) < 4.78 is 7.08. The average molecular weight is 417 g/mol. The van der Waals surface area contributed by atoms with Gasteiger partial charge in [0.25, 0.3) is 0 Å². The highest BCUT2D eigenvalue weighted by molar-refractivity contribution is 7.21. The predicted molar refractivity (Wildman–Crippen MR) is 123 cm³/mol. The summed E-state index contributed by atoms with van der Waals surface area (Å²) in [6.45, 7) is 6.34. The van der Waals surface area contributed by atoms with E-state index in [1.807, 2.05) is 61.5 Å². The van der Waals surface area contributed by atoms with E-state index in [0.717, 1.165) is 22.1 Å². The van der Waals surface area contributed by atoms with E-state index in [4.69, 9.17) is 4.74 Å². The van der Waals surface area contributed by atoms with Crippen molar-refractivity contribution in [2.45, 2.75) is 33.1 Å². The number of carbonyl (C=O) groups excluding carboxylic acids is 1. The number of hydrogen-bond donors (Lipinski definition) is 1. The molecule has 3 nitrogen and oxygen atoms in total. The molecule has 0 aliphatic heterocycles. The van der Waals surface area contributed by atoms with Crippen LogP contribution < -0.4 is 4.74 Å². The molecule has 1 aromatic heterocycles. The second-order valence-corrected chi connectivity index (χ2v) is 8.66. The molecule has 0 aliphatic rings. The molecule has 3 aromatic carbocycles. The number of carbonyl (C=O) groups is 1. The van der Waals surface area contributed by atoms with Crippen molar-refractivity contribution in [3.63, 3.8) is 0 Å². The lowest BCUT2D eigenvalue weighted by atomic mass is 10.00. The largest absolute Gasteiger partial charge is 0.508 e. The SMILES string of the molecule is CCc1ccccc1C(=O)c1sc2cc(O)ccc2c1Oc1ccc(C(C)C)cc1. The molecule has 152 valence electrons. The van der Waals surface area contributed by atoms with Gasteiger partial charge < -0.3 is 9.84 Å². The summed E-state index contributed by atoms with van der Waals surface area (Å²) in [5.41, 5.74) is 2.93. The van der Waals surface area contributed by atoms with Gasteiger partial charge in [0.05, 0.1) is 0 Å². The minimum atomic E-state index is -0.0538. The Hall–Kier alpha value is -3.11. The number of aryl methyl sites for hydroxylation is 1. The van der Waals surface area contributed by atoms with Crippen LogP contribution in [0.1, 0.15) is 53.1 Å². The maximum Gasteiger partial charge on any atom is 0.207 e. The van der Waals surface area contributed by atoms with E-state index in [0.29, 0.717) is 27.9 Å². The standard InChI is InChI=1S/C26H24O3S/c1-4-17-7-5-6-8-21(17)24(28)26-25(22-14-11-19(27)15-23(22)30-26)29-20-12-9-18(10-13-20)16(2)3/h5-16,27H,4H2,1-3H3. The lowest BCUT2D eigenvalue weighted by Crippen LogP contribution is -2.04. The highest BCUT2D eigenvalue weighted by Gasteiger charge is 2.23. The molecule has 0 saturated carbocycles. The summed E-state index contributed by atoms with van der Waals surface area (Å²) in [5, 5.41) is 10.7. The number of fused-ring (bicyclic) bond motifs is 1. The Morgan fingerprint density at radius 3 is 2.47 bits per heavy atom. The number of thiophene rings is 1. The first-order valence-corrected chi connectivity index (χ1v) is 11.0. The van der Waals surface area contributed by atoms with E-state index < -0.39 is 0 Å². The van der Waals surface area contributed by atoms with Gasteiger partial charge in [0.1, 0.15) is 16.4 Å². The van der Waals surface area contributed by atoms with Crippen molar-refractivity contribution in [2.75, 3.05) is 0 Å². The molecule has 4 rings (SSSR count). The number of phenolic OH excluding ortho intramolecular Hbond substituents is 1. The lowest BCUT2D eigenvalue weighted by molar-refractivity contribution is 0.104. The van der Waals surface area contributed by atoms with E-state index in [2.05, 4.69) is 13.8 Å². The van der Waals surface area contributed by atoms with Crippen LogP contribution in [0.25, 0.3) is 10.1 Å². The zero-order chi connectivity index (χ0) is 21.3. The average Bonchev–Trinajstić information content (AvgIpc) is 3.10. The van der Waals surface area contributed by atoms with Gasteiger partial charge in [-0.15, -0.1) is 11.3 Å². The van der Waals surface area contributed by atoms with Crippen molar-refractivity contribution < 1.29 is 14.6 Å². The van der Waals surface area contributed by atoms with Gasteiger partial charge in [-0.1, -0.05) is 57.2 Å². The third-order valence-electron chi connectivity index (χ3n) is 5.24. The van der Waals surface area contributed by atoms with Crippen LogP contribution in [-0.2, 0) is 6.42 Å². The topological polar surface area (TPSA) is 46.5 Å². The van der Waals surface area contributed by atoms with Gasteiger partial charge in [-0.25, -0.2) is 0 Å². The number of benzene rings is 3. The third-order valence-corrected chi connectivity index (χ3v) is 6.38. The molecule has 0 bridgehead atoms. The van der Waals surface area contributed by atoms with Gasteiger partial charge >= 0.3 is 0 Å². The summed E-state index contributed by atoms with van der Waals surface area (Å²) in [6.07, 6.45) is 0.778. The van der Waals surface area contributed by atoms with E-state index >= 15 is 0 Å². The molecule has 0 unspecified atom stereocenters. The second-order valence-electron chi connectivity index (χ2n) is 7.61. The Labute approximate surface area is 180 Å². The predicted octanol–water partition coefficient (Wildman–Crippen LogP) is 7.32. The maximum absolute atomic E-state index is 13.5. The summed E-state index contributed by atoms with van der Waals surface area (Å²) in [7, 11) is 0. The minimum absolute atomic E-state index is 0.0538. The van der Waals surface area contributed by atoms with Gasteiger partial charge in [0, 0.05) is 15.6 Å². The molecule has 0 radical (unpaired) electrons. The molecule has 1 N–H and O–H groups in total. The van der Waals surface area contributed by atoms with E-state index in [1.54, 1.807) is 12.1 Å². The van der Waals surface area contributed by atoms with Gasteiger partial charge in [-0.3, -0.25) is 4.79 Å². The smallest absolute Gasteiger partial charge is 0.207 e. The lowest BCUT2D eigenvalue weighted by Gasteiger charge is -2.11. The monoisotopic (exact) mass is 416 g/mol. The van der Waals surface area contributed by atoms with Crippen LogP contribution in [0, 0.1) is 0 Å². The molecule has 4 heteroatoms. The fourth-order valence-electron chi connectivity index (χ4n) is 3.52. The summed E-state index contributed by atoms with van der Waals surface area (Å²) in [6, 6.07) is 20.8. The zero-order valence-electron chi connectivity index (χ0n) is 17.3. The van der Waals surface area contributed by atoms with Crippen LogP contribution in [0.5, 0.6) is 17.2 Å². The van der Waals surface area contributed by atoms with Crippen molar-refractivity contribution in [1.29, 1.82) is 0 Å². The van der Waals surface area contributed by atoms with Gasteiger partial charge in [0.15, 0.2) is 5.75 Å². The number of hydrogen-bond acceptors (Lipinski definition) is 4. The number of phenols is 1. The van der Waals surface area contributed by atoms with E-state index in [1.165, 1.54) is 16.9 Å². The maximum atomic E-state index is 13.5. The van der Waals surface area contributed by atoms with Gasteiger partial charge in [-0.05, 0) is 53.8 Å². The fraction of sp³-hybridized carbons (Fsp3) is 0.192. The number of ketones is 1. The molecule has 0 fully saturated rings. The first-order valence-electron chi connectivity index (χ1n) is 10.1. The molecule has 0 aliphatic carbocycles. The van der Waals surface area contributed by atoms with Crippen molar-refractivity contribution in [2.24, 2.45) is 0 Å². The second kappa shape index (κ2) is 8.33. The highest BCUT2D eigenvalue weighted by atomic mass is 32.1. The molecule has 0 atom stereocenters. The van der Waals surface area contributed by atoms with Crippen molar-refractivity contribution in [3.05, 3.63) is 88.3 Å². The molecule has 0 spiro atoms. The third kappa shape index (κ3) is 3.83. The Balaban J connectivity index is 1.82.